The lowest BCUT2D eigenvalue weighted by Gasteiger charge is -2.64. The summed E-state index contributed by atoms with van der Waals surface area (Å²) in [7, 11) is -4.33. The highest BCUT2D eigenvalue weighted by Crippen LogP contribution is 2.69. The molecule has 4 unspecified atom stereocenters. The zero-order valence-electron chi connectivity index (χ0n) is 22.4. The second-order valence-corrected chi connectivity index (χ2v) is 14.3. The van der Waals surface area contributed by atoms with E-state index in [4.69, 9.17) is 4.55 Å². The first-order valence-corrected chi connectivity index (χ1v) is 15.8. The molecule has 0 radical (unpaired) electrons. The fraction of sp³-hybridized carbons (Fsp3) is 1.00. The minimum absolute atomic E-state index is 0.0484. The average Bonchev–Trinajstić information content (AvgIpc) is 3.14. The third-order valence-electron chi connectivity index (χ3n) is 11.7. The van der Waals surface area contributed by atoms with Crippen molar-refractivity contribution >= 4 is 10.4 Å². The highest BCUT2D eigenvalue weighted by molar-refractivity contribution is 7.80. The van der Waals surface area contributed by atoms with Gasteiger partial charge in [0.1, 0.15) is 0 Å². The number of fused-ring (bicyclic) bond motifs is 5. The number of unbranched alkanes of at least 4 members (excludes halogenated alkanes) is 2. The molecule has 0 bridgehead atoms. The summed E-state index contributed by atoms with van der Waals surface area (Å²) in [6, 6.07) is 0. The molecule has 4 fully saturated rings. The fourth-order valence-electron chi connectivity index (χ4n) is 10.0. The van der Waals surface area contributed by atoms with Crippen LogP contribution >= 0.6 is 0 Å². The predicted octanol–water partition coefficient (Wildman–Crippen LogP) is 5.63. The van der Waals surface area contributed by atoms with Crippen LogP contribution in [0.25, 0.3) is 0 Å². The molecule has 7 heteroatoms. The fourth-order valence-corrected chi connectivity index (χ4v) is 10.4. The molecule has 0 aromatic rings. The van der Waals surface area contributed by atoms with Crippen molar-refractivity contribution in [3.8, 4) is 0 Å². The molecule has 3 N–H and O–H groups in total. The van der Waals surface area contributed by atoms with E-state index in [1.807, 2.05) is 0 Å². The Morgan fingerprint density at radius 1 is 0.943 bits per heavy atom. The number of aliphatic hydroxyl groups is 2. The number of rotatable bonds is 9. The van der Waals surface area contributed by atoms with Crippen molar-refractivity contribution in [3.05, 3.63) is 0 Å². The Morgan fingerprint density at radius 3 is 2.31 bits per heavy atom. The van der Waals surface area contributed by atoms with Crippen LogP contribution in [0.2, 0.25) is 0 Å². The monoisotopic (exact) mass is 514 g/mol. The molecular weight excluding hydrogens is 464 g/mol. The van der Waals surface area contributed by atoms with Crippen molar-refractivity contribution in [2.75, 3.05) is 6.61 Å². The quantitative estimate of drug-likeness (QED) is 0.272. The second-order valence-electron chi connectivity index (χ2n) is 13.2. The number of hydrogen-bond donors (Lipinski definition) is 3. The van der Waals surface area contributed by atoms with E-state index < -0.39 is 10.4 Å². The summed E-state index contributed by atoms with van der Waals surface area (Å²) >= 11 is 0. The molecule has 4 aliphatic carbocycles. The first-order chi connectivity index (χ1) is 16.4. The molecule has 4 aliphatic rings. The smallest absolute Gasteiger partial charge is 0.393 e. The summed E-state index contributed by atoms with van der Waals surface area (Å²) in [6.45, 7) is 9.70. The van der Waals surface area contributed by atoms with Gasteiger partial charge in [-0.1, -0.05) is 53.4 Å². The van der Waals surface area contributed by atoms with Crippen molar-refractivity contribution in [1.82, 2.24) is 0 Å². The molecule has 35 heavy (non-hydrogen) atoms. The summed E-state index contributed by atoms with van der Waals surface area (Å²) in [6.07, 6.45) is 12.1. The molecule has 11 atom stereocenters. The van der Waals surface area contributed by atoms with Gasteiger partial charge in [0, 0.05) is 0 Å². The molecule has 0 aromatic heterocycles. The summed E-state index contributed by atoms with van der Waals surface area (Å²) in [5, 5.41) is 22.3. The minimum atomic E-state index is -4.33. The first kappa shape index (κ1) is 27.8. The van der Waals surface area contributed by atoms with Gasteiger partial charge in [0.25, 0.3) is 0 Å². The van der Waals surface area contributed by atoms with Crippen molar-refractivity contribution in [2.45, 2.75) is 117 Å². The lowest BCUT2D eigenvalue weighted by Crippen LogP contribution is -2.62. The zero-order chi connectivity index (χ0) is 25.6. The summed E-state index contributed by atoms with van der Waals surface area (Å²) in [5.74, 6) is 3.59. The highest BCUT2D eigenvalue weighted by Gasteiger charge is 2.64. The maximum atomic E-state index is 11.8. The third-order valence-corrected chi connectivity index (χ3v) is 12.2. The Bertz CT molecular complexity index is 831. The Morgan fingerprint density at radius 2 is 1.63 bits per heavy atom. The third kappa shape index (κ3) is 5.23. The van der Waals surface area contributed by atoms with Gasteiger partial charge in [0.05, 0.1) is 18.8 Å². The molecular formula is C28H50O6S. The maximum Gasteiger partial charge on any atom is 0.397 e. The summed E-state index contributed by atoms with van der Waals surface area (Å²) < 4.78 is 34.5. The van der Waals surface area contributed by atoms with E-state index in [2.05, 4.69) is 31.9 Å². The van der Waals surface area contributed by atoms with Crippen molar-refractivity contribution < 1.29 is 27.4 Å². The van der Waals surface area contributed by atoms with Gasteiger partial charge < -0.3 is 10.2 Å². The Balaban J connectivity index is 1.42. The van der Waals surface area contributed by atoms with E-state index in [1.54, 1.807) is 0 Å². The van der Waals surface area contributed by atoms with Crippen LogP contribution in [0.4, 0.5) is 0 Å². The van der Waals surface area contributed by atoms with Crippen LogP contribution in [0.3, 0.4) is 0 Å². The first-order valence-electron chi connectivity index (χ1n) is 14.4. The van der Waals surface area contributed by atoms with Crippen LogP contribution in [-0.2, 0) is 14.6 Å². The second kappa shape index (κ2) is 10.5. The van der Waals surface area contributed by atoms with Crippen LogP contribution in [0.1, 0.15) is 105 Å². The van der Waals surface area contributed by atoms with Crippen molar-refractivity contribution in [1.29, 1.82) is 0 Å². The molecule has 4 saturated carbocycles. The largest absolute Gasteiger partial charge is 0.397 e. The molecule has 0 amide bonds. The van der Waals surface area contributed by atoms with Crippen LogP contribution in [0.5, 0.6) is 0 Å². The van der Waals surface area contributed by atoms with Crippen LogP contribution in [0.15, 0.2) is 0 Å². The molecule has 4 rings (SSSR count). The van der Waals surface area contributed by atoms with Gasteiger partial charge in [-0.3, -0.25) is 4.55 Å². The van der Waals surface area contributed by atoms with Crippen molar-refractivity contribution in [2.24, 2.45) is 52.3 Å². The van der Waals surface area contributed by atoms with Gasteiger partial charge in [0.2, 0.25) is 0 Å². The molecule has 0 aromatic carbocycles. The molecule has 0 aliphatic heterocycles. The predicted molar refractivity (Wildman–Crippen MR) is 137 cm³/mol. The molecule has 6 nitrogen and oxygen atoms in total. The molecule has 0 saturated heterocycles. The van der Waals surface area contributed by atoms with Gasteiger partial charge in [-0.05, 0) is 104 Å². The molecule has 204 valence electrons. The van der Waals surface area contributed by atoms with Gasteiger partial charge in [-0.2, -0.15) is 8.42 Å². The van der Waals surface area contributed by atoms with E-state index in [0.717, 1.165) is 44.9 Å². The Hall–Kier alpha value is -0.210. The lowest BCUT2D eigenvalue weighted by molar-refractivity contribution is -0.203. The Kier molecular flexibility index (Phi) is 8.35. The van der Waals surface area contributed by atoms with E-state index in [9.17, 15) is 18.6 Å². The van der Waals surface area contributed by atoms with E-state index >= 15 is 0 Å². The van der Waals surface area contributed by atoms with E-state index in [1.165, 1.54) is 25.7 Å². The molecule has 0 heterocycles. The SMILES string of the molecule is CC[C@H]1[C@@H](O)C2C3CCC([C@H](C)CCCCCOS(=O)(=O)O)[C@@]3(C)CCC2[C@@]2(C)CC[C@@H](O)C[C@@H]12. The standard InChI is InChI=1S/C28H50O6S/c1-5-20-24-17-19(29)12-14-28(24,4)23-13-15-27(3)21(10-11-22(27)25(23)26(20)30)18(2)9-7-6-8-16-34-35(31,32)33/h18-26,29-30H,5-17H2,1-4H3,(H,31,32,33)/t18-,19-,20-,21?,22?,23?,24+,25?,26-,27-,28-/m1/s1. The number of aliphatic hydroxyl groups excluding tert-OH is 2. The summed E-state index contributed by atoms with van der Waals surface area (Å²) in [5.41, 5.74) is 0.532. The Labute approximate surface area is 213 Å². The highest BCUT2D eigenvalue weighted by atomic mass is 32.3. The number of hydrogen-bond acceptors (Lipinski definition) is 5. The van der Waals surface area contributed by atoms with Gasteiger partial charge >= 0.3 is 10.4 Å². The zero-order valence-corrected chi connectivity index (χ0v) is 23.2. The van der Waals surface area contributed by atoms with Crippen LogP contribution < -0.4 is 0 Å². The molecule has 0 spiro atoms. The maximum absolute atomic E-state index is 11.8. The van der Waals surface area contributed by atoms with E-state index in [-0.39, 0.29) is 29.6 Å². The van der Waals surface area contributed by atoms with E-state index in [0.29, 0.717) is 47.8 Å². The van der Waals surface area contributed by atoms with Crippen molar-refractivity contribution in [3.63, 3.8) is 0 Å². The summed E-state index contributed by atoms with van der Waals surface area (Å²) in [4.78, 5) is 0. The van der Waals surface area contributed by atoms with Gasteiger partial charge in [0.15, 0.2) is 0 Å². The van der Waals surface area contributed by atoms with Gasteiger partial charge in [-0.15, -0.1) is 0 Å². The van der Waals surface area contributed by atoms with Crippen LogP contribution in [-0.4, -0.2) is 42.0 Å². The normalized spacial score (nSPS) is 46.5. The minimum Gasteiger partial charge on any atom is -0.393 e. The average molecular weight is 515 g/mol. The topological polar surface area (TPSA) is 104 Å². The van der Waals surface area contributed by atoms with Crippen LogP contribution in [0, 0.1) is 52.3 Å². The lowest BCUT2D eigenvalue weighted by atomic mass is 9.41. The van der Waals surface area contributed by atoms with Gasteiger partial charge in [-0.25, -0.2) is 4.18 Å².